The van der Waals surface area contributed by atoms with Crippen molar-refractivity contribution in [3.05, 3.63) is 83.0 Å². The Hall–Kier alpha value is -2.30. The number of rotatable bonds is 9. The van der Waals surface area contributed by atoms with Crippen LogP contribution in [0.2, 0.25) is 0 Å². The Kier molecular flexibility index (Phi) is 11.9. The molecule has 0 spiro atoms. The molecule has 0 heterocycles. The molecule has 0 aromatic heterocycles. The second-order valence-corrected chi connectivity index (χ2v) is 6.53. The minimum absolute atomic E-state index is 0.573. The van der Waals surface area contributed by atoms with Crippen molar-refractivity contribution in [2.24, 2.45) is 0 Å². The maximum Gasteiger partial charge on any atom is 0.141 e. The van der Waals surface area contributed by atoms with Crippen molar-refractivity contribution >= 4 is 50.1 Å². The smallest absolute Gasteiger partial charge is 0.141 e. The summed E-state index contributed by atoms with van der Waals surface area (Å²) in [6.45, 7) is 16.1. The van der Waals surface area contributed by atoms with E-state index in [-0.39, 0.29) is 0 Å². The monoisotopic (exact) mass is 440 g/mol. The molecule has 2 rings (SSSR count). The van der Waals surface area contributed by atoms with E-state index < -0.39 is 0 Å². The molecule has 2 aromatic carbocycles. The van der Waals surface area contributed by atoms with Crippen LogP contribution < -0.4 is 8.37 Å². The summed E-state index contributed by atoms with van der Waals surface area (Å²) in [6, 6.07) is 7.82. The molecule has 160 valence electrons. The average molecular weight is 441 g/mol. The Labute approximate surface area is 193 Å². The largest absolute Gasteiger partial charge is 0.429 e. The van der Waals surface area contributed by atoms with Crippen molar-refractivity contribution in [3.8, 4) is 11.5 Å². The van der Waals surface area contributed by atoms with Crippen molar-refractivity contribution in [1.29, 1.82) is 0 Å². The molecule has 2 nitrogen and oxygen atoms in total. The summed E-state index contributed by atoms with van der Waals surface area (Å²) in [5, 5.41) is 0. The maximum atomic E-state index is 5.39. The van der Waals surface area contributed by atoms with Gasteiger partial charge in [0, 0.05) is 43.4 Å². The SMILES string of the molecule is C=Cc1ccc(OS)c(Cc2c(OS)ccc(/C=C\C)c2C=C)c1/C=C\CC.CC. The van der Waals surface area contributed by atoms with Gasteiger partial charge in [0.15, 0.2) is 0 Å². The van der Waals surface area contributed by atoms with Gasteiger partial charge in [-0.15, -0.1) is 0 Å². The van der Waals surface area contributed by atoms with Gasteiger partial charge in [-0.1, -0.05) is 82.5 Å². The average Bonchev–Trinajstić information content (AvgIpc) is 2.79. The van der Waals surface area contributed by atoms with Crippen molar-refractivity contribution in [3.63, 3.8) is 0 Å². The highest BCUT2D eigenvalue weighted by molar-refractivity contribution is 7.75. The standard InChI is InChI=1S/C24H26O2S2.C2H6/c1-5-9-11-20-17(7-3)12-14-24(26-28)22(20)16-21-19(8-4)18(10-6-2)13-15-23(21)25-27;1-2/h6-15,27-28H,3-5,16H2,1-2H3;1-2H3/b10-6-,11-9-;. The summed E-state index contributed by atoms with van der Waals surface area (Å²) in [5.74, 6) is 1.38. The molecule has 0 fully saturated rings. The Morgan fingerprint density at radius 1 is 0.833 bits per heavy atom. The van der Waals surface area contributed by atoms with Gasteiger partial charge in [0.2, 0.25) is 0 Å². The van der Waals surface area contributed by atoms with Crippen LogP contribution in [0, 0.1) is 0 Å². The van der Waals surface area contributed by atoms with Crippen LogP contribution >= 0.6 is 25.8 Å². The van der Waals surface area contributed by atoms with Crippen molar-refractivity contribution < 1.29 is 8.37 Å². The molecule has 30 heavy (non-hydrogen) atoms. The Morgan fingerprint density at radius 3 is 1.87 bits per heavy atom. The fourth-order valence-corrected chi connectivity index (χ4v) is 3.56. The molecule has 0 bridgehead atoms. The van der Waals surface area contributed by atoms with Gasteiger partial charge >= 0.3 is 0 Å². The Bertz CT molecular complexity index is 912. The lowest BCUT2D eigenvalue weighted by Crippen LogP contribution is -2.02. The Morgan fingerprint density at radius 2 is 1.40 bits per heavy atom. The highest BCUT2D eigenvalue weighted by Crippen LogP contribution is 2.36. The predicted octanol–water partition coefficient (Wildman–Crippen LogP) is 8.49. The summed E-state index contributed by atoms with van der Waals surface area (Å²) in [6.07, 6.45) is 13.5. The summed E-state index contributed by atoms with van der Waals surface area (Å²) in [7, 11) is 0. The molecule has 4 heteroatoms. The van der Waals surface area contributed by atoms with Gasteiger partial charge in [0.25, 0.3) is 0 Å². The molecule has 0 atom stereocenters. The number of benzene rings is 2. The van der Waals surface area contributed by atoms with E-state index in [4.69, 9.17) is 8.37 Å². The molecule has 0 amide bonds. The molecular formula is C26H32O2S2. The Balaban J connectivity index is 0.00000218. The zero-order chi connectivity index (χ0) is 22.5. The van der Waals surface area contributed by atoms with Crippen LogP contribution in [0.5, 0.6) is 11.5 Å². The second kappa shape index (κ2) is 13.8. The van der Waals surface area contributed by atoms with E-state index in [1.54, 1.807) is 0 Å². The van der Waals surface area contributed by atoms with Gasteiger partial charge in [-0.05, 0) is 47.7 Å². The van der Waals surface area contributed by atoms with E-state index in [1.165, 1.54) is 0 Å². The van der Waals surface area contributed by atoms with E-state index in [0.29, 0.717) is 17.9 Å². The molecule has 0 aliphatic carbocycles. The van der Waals surface area contributed by atoms with E-state index in [0.717, 1.165) is 39.8 Å². The summed E-state index contributed by atoms with van der Waals surface area (Å²) in [4.78, 5) is 0. The first kappa shape index (κ1) is 25.7. The number of allylic oxidation sites excluding steroid dienone is 2. The van der Waals surface area contributed by atoms with Crippen LogP contribution in [0.15, 0.2) is 49.6 Å². The molecule has 0 saturated heterocycles. The van der Waals surface area contributed by atoms with Crippen molar-refractivity contribution in [2.45, 2.75) is 40.5 Å². The third-order valence-corrected chi connectivity index (χ3v) is 4.93. The number of hydrogen-bond donors (Lipinski definition) is 2. The van der Waals surface area contributed by atoms with Gasteiger partial charge in [-0.3, -0.25) is 0 Å². The number of thiol groups is 2. The molecular weight excluding hydrogens is 408 g/mol. The van der Waals surface area contributed by atoms with E-state index >= 15 is 0 Å². The summed E-state index contributed by atoms with van der Waals surface area (Å²) >= 11 is 8.13. The first-order valence-corrected chi connectivity index (χ1v) is 10.9. The molecule has 0 aliphatic rings. The van der Waals surface area contributed by atoms with Crippen molar-refractivity contribution in [2.75, 3.05) is 0 Å². The van der Waals surface area contributed by atoms with Crippen molar-refractivity contribution in [1.82, 2.24) is 0 Å². The quantitative estimate of drug-likeness (QED) is 0.301. The highest BCUT2D eigenvalue weighted by atomic mass is 32.1. The normalized spacial score (nSPS) is 10.6. The zero-order valence-corrected chi connectivity index (χ0v) is 20.1. The summed E-state index contributed by atoms with van der Waals surface area (Å²) in [5.41, 5.74) is 6.15. The van der Waals surface area contributed by atoms with Gasteiger partial charge < -0.3 is 8.37 Å². The van der Waals surface area contributed by atoms with E-state index in [2.05, 4.69) is 64.1 Å². The van der Waals surface area contributed by atoms with E-state index in [1.807, 2.05) is 63.3 Å². The van der Waals surface area contributed by atoms with Crippen LogP contribution in [-0.4, -0.2) is 0 Å². The maximum absolute atomic E-state index is 5.39. The zero-order valence-electron chi connectivity index (χ0n) is 18.3. The molecule has 0 saturated carbocycles. The molecule has 2 aromatic rings. The second-order valence-electron chi connectivity index (χ2n) is 6.17. The minimum Gasteiger partial charge on any atom is -0.429 e. The van der Waals surface area contributed by atoms with Gasteiger partial charge in [-0.2, -0.15) is 0 Å². The molecule has 0 N–H and O–H groups in total. The van der Waals surface area contributed by atoms with Gasteiger partial charge in [0.1, 0.15) is 11.5 Å². The number of hydrogen-bond acceptors (Lipinski definition) is 4. The van der Waals surface area contributed by atoms with Crippen LogP contribution in [0.4, 0.5) is 0 Å². The van der Waals surface area contributed by atoms with Crippen LogP contribution in [0.1, 0.15) is 67.5 Å². The lowest BCUT2D eigenvalue weighted by molar-refractivity contribution is 0.637. The van der Waals surface area contributed by atoms with Gasteiger partial charge in [0.05, 0.1) is 0 Å². The minimum atomic E-state index is 0.573. The topological polar surface area (TPSA) is 18.5 Å². The fraction of sp³-hybridized carbons (Fsp3) is 0.231. The van der Waals surface area contributed by atoms with Crippen LogP contribution in [-0.2, 0) is 6.42 Å². The lowest BCUT2D eigenvalue weighted by atomic mass is 9.90. The van der Waals surface area contributed by atoms with Gasteiger partial charge in [-0.25, -0.2) is 0 Å². The third-order valence-electron chi connectivity index (χ3n) is 4.54. The fourth-order valence-electron chi connectivity index (χ4n) is 3.21. The first-order chi connectivity index (χ1) is 14.6. The van der Waals surface area contributed by atoms with Crippen LogP contribution in [0.3, 0.4) is 0 Å². The summed E-state index contributed by atoms with van der Waals surface area (Å²) < 4.78 is 10.8. The predicted molar refractivity (Wildman–Crippen MR) is 140 cm³/mol. The first-order valence-electron chi connectivity index (χ1n) is 10.1. The third kappa shape index (κ3) is 6.10. The molecule has 0 unspecified atom stereocenters. The molecule has 0 aliphatic heterocycles. The van der Waals surface area contributed by atoms with Crippen LogP contribution in [0.25, 0.3) is 24.3 Å². The highest BCUT2D eigenvalue weighted by Gasteiger charge is 2.18. The molecule has 0 radical (unpaired) electrons. The lowest BCUT2D eigenvalue weighted by Gasteiger charge is -2.18. The van der Waals surface area contributed by atoms with E-state index in [9.17, 15) is 0 Å².